The highest BCUT2D eigenvalue weighted by Crippen LogP contribution is 2.48. The standard InChI is InChI=1S/C60H41N7O8/c1-36-11-7-13-38(27-36)23-25-42-29-40-15-3-5-17-47(40)55-56-48-18-6-4-16-41(48)30-43(26-24-39-14-8-12-37(2)28-39)58(56)75-35-54(69)64-50-20-10-22-52(62-50)66-60(71)45-31-44(32-46(33-45)67(72)73)59(70)65-51-21-9-19-49(61-51)63-53(68)34-74-57(42)55/h3-22,27-33H,34-35H2,1-2H3,(H2,61,63,65,68,70)(H2,62,64,66,69,71). The minimum atomic E-state index is -0.831. The topological polar surface area (TPSA) is 204 Å². The van der Waals surface area contributed by atoms with E-state index in [2.05, 4.69) is 54.9 Å². The van der Waals surface area contributed by atoms with E-state index in [1.54, 1.807) is 12.1 Å². The normalized spacial score (nSPS) is 12.7. The summed E-state index contributed by atoms with van der Waals surface area (Å²) in [6, 6.07) is 46.9. The van der Waals surface area contributed by atoms with Crippen LogP contribution in [0.4, 0.5) is 29.0 Å². The first-order chi connectivity index (χ1) is 36.4. The Balaban J connectivity index is 1.18. The third-order valence-corrected chi connectivity index (χ3v) is 11.8. The number of fused-ring (bicyclic) bond motifs is 13. The van der Waals surface area contributed by atoms with Gasteiger partial charge in [-0.05, 0) is 113 Å². The van der Waals surface area contributed by atoms with Gasteiger partial charge in [-0.3, -0.25) is 29.3 Å². The number of nitro groups is 1. The number of hydrogen-bond donors (Lipinski definition) is 4. The van der Waals surface area contributed by atoms with Crippen LogP contribution in [0.25, 0.3) is 32.7 Å². The summed E-state index contributed by atoms with van der Waals surface area (Å²) in [6.07, 6.45) is 0. The molecule has 15 heteroatoms. The number of carbonyl (C=O) groups excluding carboxylic acids is 4. The number of nitrogens with zero attached hydrogens (tertiary/aromatic N) is 3. The molecule has 2 aromatic heterocycles. The van der Waals surface area contributed by atoms with E-state index in [0.29, 0.717) is 33.0 Å². The van der Waals surface area contributed by atoms with Gasteiger partial charge >= 0.3 is 0 Å². The van der Waals surface area contributed by atoms with Crippen LogP contribution in [0, 0.1) is 47.6 Å². The lowest BCUT2D eigenvalue weighted by Gasteiger charge is -2.22. The maximum absolute atomic E-state index is 14.1. The predicted octanol–water partition coefficient (Wildman–Crippen LogP) is 10.6. The Morgan fingerprint density at radius 2 is 0.893 bits per heavy atom. The van der Waals surface area contributed by atoms with Gasteiger partial charge in [-0.25, -0.2) is 9.97 Å². The van der Waals surface area contributed by atoms with Crippen molar-refractivity contribution in [2.75, 3.05) is 34.5 Å². The molecule has 9 aromatic rings. The van der Waals surface area contributed by atoms with Crippen molar-refractivity contribution in [3.05, 3.63) is 218 Å². The minimum Gasteiger partial charge on any atom is -0.482 e. The third-order valence-electron chi connectivity index (χ3n) is 11.8. The number of hydrogen-bond acceptors (Lipinski definition) is 10. The van der Waals surface area contributed by atoms with Gasteiger partial charge in [0.1, 0.15) is 34.8 Å². The molecule has 0 radical (unpaired) electrons. The summed E-state index contributed by atoms with van der Waals surface area (Å²) >= 11 is 0. The van der Waals surface area contributed by atoms with E-state index in [-0.39, 0.29) is 45.9 Å². The molecule has 75 heavy (non-hydrogen) atoms. The van der Waals surface area contributed by atoms with Gasteiger partial charge in [0.25, 0.3) is 29.3 Å². The van der Waals surface area contributed by atoms with E-state index in [9.17, 15) is 29.3 Å². The molecule has 0 atom stereocenters. The Morgan fingerprint density at radius 1 is 0.480 bits per heavy atom. The van der Waals surface area contributed by atoms with Gasteiger partial charge in [0.2, 0.25) is 0 Å². The molecule has 0 fully saturated rings. The summed E-state index contributed by atoms with van der Waals surface area (Å²) in [6.45, 7) is 2.84. The van der Waals surface area contributed by atoms with Crippen molar-refractivity contribution in [1.29, 1.82) is 0 Å². The Kier molecular flexibility index (Phi) is 13.4. The highest BCUT2D eigenvalue weighted by atomic mass is 16.6. The van der Waals surface area contributed by atoms with Gasteiger partial charge in [-0.1, -0.05) is 109 Å². The zero-order valence-electron chi connectivity index (χ0n) is 40.1. The second-order valence-electron chi connectivity index (χ2n) is 17.4. The smallest absolute Gasteiger partial charge is 0.271 e. The summed E-state index contributed by atoms with van der Waals surface area (Å²) in [4.78, 5) is 75.6. The van der Waals surface area contributed by atoms with E-state index in [4.69, 9.17) is 9.47 Å². The predicted molar refractivity (Wildman–Crippen MR) is 287 cm³/mol. The summed E-state index contributed by atoms with van der Waals surface area (Å²) in [5.74, 6) is 10.9. The van der Waals surface area contributed by atoms with Crippen molar-refractivity contribution in [2.45, 2.75) is 13.8 Å². The van der Waals surface area contributed by atoms with Crippen molar-refractivity contribution in [1.82, 2.24) is 9.97 Å². The molecule has 0 saturated carbocycles. The molecular formula is C60H41N7O8. The van der Waals surface area contributed by atoms with Crippen molar-refractivity contribution in [3.63, 3.8) is 0 Å². The molecule has 10 rings (SSSR count). The molecule has 6 bridgehead atoms. The second-order valence-corrected chi connectivity index (χ2v) is 17.4. The zero-order valence-corrected chi connectivity index (χ0v) is 40.1. The second kappa shape index (κ2) is 21.0. The number of amides is 4. The Labute approximate surface area is 429 Å². The molecule has 3 heterocycles. The molecule has 4 N–H and O–H groups in total. The van der Waals surface area contributed by atoms with Gasteiger partial charge < -0.3 is 30.7 Å². The van der Waals surface area contributed by atoms with Crippen LogP contribution >= 0.6 is 0 Å². The number of anilines is 4. The Morgan fingerprint density at radius 3 is 1.32 bits per heavy atom. The SMILES string of the molecule is Cc1cccc(C#Cc2cc3ccccc3c3c2OCC(=O)Nc2cccc(n2)NC(=O)c2cc(cc([N+](=O)[O-])c2)C(=O)Nc2cccc(n2)NC(=O)COc2c(C#Cc4cccc(C)c4)cc4ccccc4c2-3)c1. The first kappa shape index (κ1) is 48.0. The molecule has 1 aliphatic heterocycles. The van der Waals surface area contributed by atoms with Crippen LogP contribution in [0.3, 0.4) is 0 Å². The van der Waals surface area contributed by atoms with Crippen LogP contribution in [-0.2, 0) is 9.59 Å². The molecule has 0 aliphatic carbocycles. The van der Waals surface area contributed by atoms with Crippen LogP contribution in [0.2, 0.25) is 0 Å². The maximum atomic E-state index is 14.1. The summed E-state index contributed by atoms with van der Waals surface area (Å²) in [7, 11) is 0. The van der Waals surface area contributed by atoms with E-state index in [0.717, 1.165) is 45.2 Å². The number of ether oxygens (including phenoxy) is 2. The fraction of sp³-hybridized carbons (Fsp3) is 0.0667. The molecule has 364 valence electrons. The molecule has 0 saturated heterocycles. The van der Waals surface area contributed by atoms with Gasteiger partial charge in [-0.15, -0.1) is 0 Å². The van der Waals surface area contributed by atoms with Crippen LogP contribution in [0.15, 0.2) is 164 Å². The fourth-order valence-corrected chi connectivity index (χ4v) is 8.50. The monoisotopic (exact) mass is 987 g/mol. The Hall–Kier alpha value is -10.6. The number of carbonyl (C=O) groups is 4. The lowest BCUT2D eigenvalue weighted by atomic mass is 9.88. The largest absolute Gasteiger partial charge is 0.482 e. The molecule has 1 aliphatic rings. The molecule has 0 unspecified atom stereocenters. The number of nitro benzene ring substituents is 1. The molecule has 15 nitrogen and oxygen atoms in total. The molecular weight excluding hydrogens is 947 g/mol. The Bertz CT molecular complexity index is 3730. The number of aryl methyl sites for hydroxylation is 2. The molecule has 0 spiro atoms. The van der Waals surface area contributed by atoms with Crippen molar-refractivity contribution < 1.29 is 33.6 Å². The van der Waals surface area contributed by atoms with Crippen molar-refractivity contribution in [3.8, 4) is 46.3 Å². The van der Waals surface area contributed by atoms with Crippen LogP contribution in [0.1, 0.15) is 54.1 Å². The first-order valence-corrected chi connectivity index (χ1v) is 23.4. The minimum absolute atomic E-state index is 0.0138. The third kappa shape index (κ3) is 11.0. The number of aromatic nitrogens is 2. The lowest BCUT2D eigenvalue weighted by Crippen LogP contribution is -2.22. The number of pyridine rings is 2. The number of rotatable bonds is 1. The van der Waals surface area contributed by atoms with E-state index >= 15 is 0 Å². The summed E-state index contributed by atoms with van der Waals surface area (Å²) in [5.41, 5.74) is 4.39. The van der Waals surface area contributed by atoms with Crippen LogP contribution in [-0.4, -0.2) is 51.7 Å². The van der Waals surface area contributed by atoms with Crippen molar-refractivity contribution >= 4 is 74.1 Å². The summed E-state index contributed by atoms with van der Waals surface area (Å²) < 4.78 is 13.4. The first-order valence-electron chi connectivity index (χ1n) is 23.4. The van der Waals surface area contributed by atoms with Gasteiger partial charge in [0.15, 0.2) is 13.2 Å². The van der Waals surface area contributed by atoms with Gasteiger partial charge in [0.05, 0.1) is 16.1 Å². The number of benzene rings is 7. The fourth-order valence-electron chi connectivity index (χ4n) is 8.50. The number of non-ortho nitro benzene ring substituents is 1. The molecule has 4 amide bonds. The highest BCUT2D eigenvalue weighted by molar-refractivity contribution is 6.12. The summed E-state index contributed by atoms with van der Waals surface area (Å²) in [5, 5.41) is 25.7. The number of nitrogens with one attached hydrogen (secondary N) is 4. The van der Waals surface area contributed by atoms with Crippen LogP contribution < -0.4 is 30.7 Å². The van der Waals surface area contributed by atoms with Gasteiger partial charge in [0, 0.05) is 45.5 Å². The van der Waals surface area contributed by atoms with E-state index < -0.39 is 47.5 Å². The lowest BCUT2D eigenvalue weighted by molar-refractivity contribution is -0.384. The average Bonchev–Trinajstić information content (AvgIpc) is 3.41. The van der Waals surface area contributed by atoms with E-state index in [1.807, 2.05) is 123 Å². The van der Waals surface area contributed by atoms with Crippen molar-refractivity contribution in [2.24, 2.45) is 0 Å². The van der Waals surface area contributed by atoms with Crippen LogP contribution in [0.5, 0.6) is 11.5 Å². The zero-order chi connectivity index (χ0) is 52.0. The highest BCUT2D eigenvalue weighted by Gasteiger charge is 2.26. The van der Waals surface area contributed by atoms with Gasteiger partial charge in [-0.2, -0.15) is 0 Å². The molecule has 7 aromatic carbocycles. The van der Waals surface area contributed by atoms with E-state index in [1.165, 1.54) is 30.3 Å². The maximum Gasteiger partial charge on any atom is 0.271 e. The quantitative estimate of drug-likeness (QED) is 0.0696. The average molecular weight is 988 g/mol.